The highest BCUT2D eigenvalue weighted by atomic mass is 16.4. The lowest BCUT2D eigenvalue weighted by atomic mass is 10.1. The lowest BCUT2D eigenvalue weighted by Gasteiger charge is -2.08. The third-order valence-corrected chi connectivity index (χ3v) is 1.89. The van der Waals surface area contributed by atoms with E-state index in [-0.39, 0.29) is 0 Å². The van der Waals surface area contributed by atoms with E-state index in [1.807, 2.05) is 0 Å². The highest BCUT2D eigenvalue weighted by molar-refractivity contribution is 5.75. The van der Waals surface area contributed by atoms with Gasteiger partial charge in [0.1, 0.15) is 0 Å². The van der Waals surface area contributed by atoms with Gasteiger partial charge in [0.05, 0.1) is 23.0 Å². The zero-order valence-electron chi connectivity index (χ0n) is 7.90. The third kappa shape index (κ3) is 2.02. The molecule has 1 N–H and O–H groups in total. The Morgan fingerprint density at radius 2 is 2.15 bits per heavy atom. The van der Waals surface area contributed by atoms with Crippen LogP contribution in [0.5, 0.6) is 0 Å². The average molecular weight is 180 g/mol. The molecule has 0 fully saturated rings. The molecule has 1 rings (SSSR count). The predicted molar refractivity (Wildman–Crippen MR) is 47.6 cm³/mol. The first-order chi connectivity index (χ1) is 6.02. The highest BCUT2D eigenvalue weighted by Crippen LogP contribution is 2.15. The van der Waals surface area contributed by atoms with Crippen molar-refractivity contribution in [2.45, 2.75) is 26.7 Å². The van der Waals surface area contributed by atoms with E-state index in [1.165, 1.54) is 0 Å². The van der Waals surface area contributed by atoms with Crippen LogP contribution in [-0.2, 0) is 4.79 Å². The second-order valence-corrected chi connectivity index (χ2v) is 3.04. The Morgan fingerprint density at radius 3 is 2.69 bits per heavy atom. The Morgan fingerprint density at radius 1 is 1.54 bits per heavy atom. The summed E-state index contributed by atoms with van der Waals surface area (Å²) in [6.45, 7) is 5.17. The Labute approximate surface area is 76.7 Å². The Balaban J connectivity index is 3.12. The van der Waals surface area contributed by atoms with Crippen molar-refractivity contribution in [1.29, 1.82) is 0 Å². The van der Waals surface area contributed by atoms with Gasteiger partial charge >= 0.3 is 5.97 Å². The molecule has 4 heteroatoms. The number of aryl methyl sites for hydroxylation is 2. The van der Waals surface area contributed by atoms with E-state index in [0.717, 1.165) is 5.69 Å². The number of carboxylic acid groups (broad SMARTS) is 1. The van der Waals surface area contributed by atoms with Crippen LogP contribution in [0.2, 0.25) is 0 Å². The van der Waals surface area contributed by atoms with E-state index in [1.54, 1.807) is 27.0 Å². The summed E-state index contributed by atoms with van der Waals surface area (Å²) in [6.07, 6.45) is 1.63. The van der Waals surface area contributed by atoms with Crippen molar-refractivity contribution < 1.29 is 9.90 Å². The normalized spacial score (nSPS) is 12.5. The largest absolute Gasteiger partial charge is 0.481 e. The van der Waals surface area contributed by atoms with E-state index in [0.29, 0.717) is 11.4 Å². The first-order valence-corrected chi connectivity index (χ1v) is 4.05. The number of hydrogen-bond acceptors (Lipinski definition) is 3. The quantitative estimate of drug-likeness (QED) is 0.744. The van der Waals surface area contributed by atoms with Gasteiger partial charge in [0, 0.05) is 6.20 Å². The van der Waals surface area contributed by atoms with Crippen molar-refractivity contribution in [3.05, 3.63) is 23.3 Å². The molecule has 0 radical (unpaired) electrons. The molecule has 1 unspecified atom stereocenters. The van der Waals surface area contributed by atoms with Crippen LogP contribution in [0.15, 0.2) is 6.20 Å². The van der Waals surface area contributed by atoms with Crippen molar-refractivity contribution in [3.8, 4) is 0 Å². The van der Waals surface area contributed by atoms with Crippen LogP contribution >= 0.6 is 0 Å². The lowest BCUT2D eigenvalue weighted by Crippen LogP contribution is -2.12. The van der Waals surface area contributed by atoms with E-state index < -0.39 is 11.9 Å². The van der Waals surface area contributed by atoms with Gasteiger partial charge in [-0.05, 0) is 20.8 Å². The maximum atomic E-state index is 10.7. The minimum Gasteiger partial charge on any atom is -0.481 e. The summed E-state index contributed by atoms with van der Waals surface area (Å²) >= 11 is 0. The van der Waals surface area contributed by atoms with E-state index >= 15 is 0 Å². The molecule has 0 bridgehead atoms. The Hall–Kier alpha value is -1.45. The fraction of sp³-hybridized carbons (Fsp3) is 0.444. The molecule has 0 spiro atoms. The predicted octanol–water partition coefficient (Wildman–Crippen LogP) is 1.28. The second-order valence-electron chi connectivity index (χ2n) is 3.04. The van der Waals surface area contributed by atoms with Gasteiger partial charge in [-0.25, -0.2) is 0 Å². The summed E-state index contributed by atoms with van der Waals surface area (Å²) in [5, 5.41) is 8.78. The van der Waals surface area contributed by atoms with Crippen LogP contribution in [0.4, 0.5) is 0 Å². The van der Waals surface area contributed by atoms with Gasteiger partial charge in [0.25, 0.3) is 0 Å². The molecule has 1 aromatic rings. The molecule has 0 aromatic carbocycles. The summed E-state index contributed by atoms with van der Waals surface area (Å²) in [5.74, 6) is -1.46. The van der Waals surface area contributed by atoms with Crippen molar-refractivity contribution in [3.63, 3.8) is 0 Å². The zero-order valence-corrected chi connectivity index (χ0v) is 7.90. The number of aliphatic carboxylic acids is 1. The first-order valence-electron chi connectivity index (χ1n) is 4.05. The minimum atomic E-state index is -0.872. The van der Waals surface area contributed by atoms with Crippen molar-refractivity contribution >= 4 is 5.97 Å². The van der Waals surface area contributed by atoms with Gasteiger partial charge in [-0.3, -0.25) is 14.8 Å². The third-order valence-electron chi connectivity index (χ3n) is 1.89. The molecule has 0 aliphatic rings. The average Bonchev–Trinajstić information content (AvgIpc) is 2.08. The smallest absolute Gasteiger partial charge is 0.312 e. The van der Waals surface area contributed by atoms with Crippen LogP contribution in [0, 0.1) is 13.8 Å². The molecule has 0 aliphatic heterocycles. The van der Waals surface area contributed by atoms with Gasteiger partial charge in [0.15, 0.2) is 0 Å². The van der Waals surface area contributed by atoms with Gasteiger partial charge in [0.2, 0.25) is 0 Å². The lowest BCUT2D eigenvalue weighted by molar-refractivity contribution is -0.138. The van der Waals surface area contributed by atoms with Crippen LogP contribution in [0.1, 0.15) is 29.9 Å². The Bertz CT molecular complexity index is 336. The Kier molecular flexibility index (Phi) is 2.60. The zero-order chi connectivity index (χ0) is 10.0. The van der Waals surface area contributed by atoms with Gasteiger partial charge in [-0.1, -0.05) is 0 Å². The molecule has 0 saturated heterocycles. The van der Waals surface area contributed by atoms with E-state index in [4.69, 9.17) is 5.11 Å². The van der Waals surface area contributed by atoms with E-state index in [2.05, 4.69) is 9.97 Å². The summed E-state index contributed by atoms with van der Waals surface area (Å²) < 4.78 is 0. The van der Waals surface area contributed by atoms with Gasteiger partial charge in [-0.15, -0.1) is 0 Å². The van der Waals surface area contributed by atoms with Crippen LogP contribution < -0.4 is 0 Å². The molecule has 0 aliphatic carbocycles. The van der Waals surface area contributed by atoms with E-state index in [9.17, 15) is 4.79 Å². The number of nitrogens with zero attached hydrogens (tertiary/aromatic N) is 2. The van der Waals surface area contributed by atoms with Crippen molar-refractivity contribution in [1.82, 2.24) is 9.97 Å². The summed E-state index contributed by atoms with van der Waals surface area (Å²) in [7, 11) is 0. The molecule has 1 heterocycles. The van der Waals surface area contributed by atoms with Crippen molar-refractivity contribution in [2.24, 2.45) is 0 Å². The molecule has 1 aromatic heterocycles. The fourth-order valence-corrected chi connectivity index (χ4v) is 1.08. The monoisotopic (exact) mass is 180 g/mol. The highest BCUT2D eigenvalue weighted by Gasteiger charge is 2.18. The number of carbonyl (C=O) groups is 1. The topological polar surface area (TPSA) is 63.1 Å². The van der Waals surface area contributed by atoms with Crippen molar-refractivity contribution in [2.75, 3.05) is 0 Å². The number of hydrogen-bond donors (Lipinski definition) is 1. The summed E-state index contributed by atoms with van der Waals surface area (Å²) in [4.78, 5) is 18.9. The molecular formula is C9H12N2O2. The summed E-state index contributed by atoms with van der Waals surface area (Å²) in [6, 6.07) is 0. The summed E-state index contributed by atoms with van der Waals surface area (Å²) in [5.41, 5.74) is 1.97. The second kappa shape index (κ2) is 3.51. The number of carboxylic acids is 1. The van der Waals surface area contributed by atoms with Gasteiger partial charge in [-0.2, -0.15) is 0 Å². The number of aromatic nitrogens is 2. The maximum absolute atomic E-state index is 10.7. The number of rotatable bonds is 2. The molecule has 70 valence electrons. The molecule has 13 heavy (non-hydrogen) atoms. The van der Waals surface area contributed by atoms with Crippen LogP contribution in [0.25, 0.3) is 0 Å². The molecule has 4 nitrogen and oxygen atoms in total. The molecule has 0 amide bonds. The SMILES string of the molecule is Cc1cnc(C)c(C(C)C(=O)O)n1. The molecule has 1 atom stereocenters. The standard InChI is InChI=1S/C9H12N2O2/c1-5-4-10-7(3)8(11-5)6(2)9(12)13/h4,6H,1-3H3,(H,12,13). The van der Waals surface area contributed by atoms with Crippen LogP contribution in [-0.4, -0.2) is 21.0 Å². The molecule has 0 saturated carbocycles. The molecular weight excluding hydrogens is 168 g/mol. The minimum absolute atomic E-state index is 0.549. The fourth-order valence-electron chi connectivity index (χ4n) is 1.08. The first kappa shape index (κ1) is 9.64. The van der Waals surface area contributed by atoms with Crippen LogP contribution in [0.3, 0.4) is 0 Å². The van der Waals surface area contributed by atoms with Gasteiger partial charge < -0.3 is 5.11 Å². The maximum Gasteiger partial charge on any atom is 0.312 e.